The molecule has 1 aliphatic carbocycles. The van der Waals surface area contributed by atoms with Gasteiger partial charge in [-0.1, -0.05) is 25.8 Å². The third-order valence-corrected chi connectivity index (χ3v) is 6.22. The molecule has 0 unspecified atom stereocenters. The Labute approximate surface area is 127 Å². The van der Waals surface area contributed by atoms with E-state index in [0.29, 0.717) is 17.4 Å². The van der Waals surface area contributed by atoms with E-state index >= 15 is 0 Å². The van der Waals surface area contributed by atoms with Crippen LogP contribution in [0.1, 0.15) is 38.2 Å². The van der Waals surface area contributed by atoms with Crippen molar-refractivity contribution in [2.75, 3.05) is 18.4 Å². The van der Waals surface area contributed by atoms with Gasteiger partial charge < -0.3 is 5.32 Å². The minimum atomic E-state index is -3.38. The van der Waals surface area contributed by atoms with Crippen LogP contribution in [0.2, 0.25) is 0 Å². The Hall–Kier alpha value is -1.07. The van der Waals surface area contributed by atoms with Crippen LogP contribution in [0.5, 0.6) is 0 Å². The Bertz CT molecular complexity index is 605. The van der Waals surface area contributed by atoms with Crippen molar-refractivity contribution in [3.8, 4) is 0 Å². The van der Waals surface area contributed by atoms with Gasteiger partial charge in [0.1, 0.15) is 0 Å². The average Bonchev–Trinajstić information content (AvgIpc) is 2.94. The van der Waals surface area contributed by atoms with Crippen molar-refractivity contribution < 1.29 is 8.42 Å². The van der Waals surface area contributed by atoms with Gasteiger partial charge in [0.05, 0.1) is 4.90 Å². The van der Waals surface area contributed by atoms with Crippen molar-refractivity contribution in [2.24, 2.45) is 11.8 Å². The molecular weight excluding hydrogens is 284 g/mol. The molecule has 1 heterocycles. The zero-order chi connectivity index (χ0) is 14.9. The standard InChI is InChI=1S/C16H24N2O2S/c1-12-2-4-13(5-3-12)11-18-21(19,20)15-7-6-14-8-9-17-16(14)10-15/h6-7,10,12-13,17-18H,2-5,8-9,11H2,1H3. The van der Waals surface area contributed by atoms with E-state index in [1.807, 2.05) is 6.07 Å². The van der Waals surface area contributed by atoms with Crippen LogP contribution >= 0.6 is 0 Å². The maximum atomic E-state index is 12.4. The third kappa shape index (κ3) is 3.40. The van der Waals surface area contributed by atoms with Crippen LogP contribution in [-0.2, 0) is 16.4 Å². The molecule has 116 valence electrons. The second-order valence-electron chi connectivity index (χ2n) is 6.47. The molecule has 0 aromatic heterocycles. The number of hydrogen-bond acceptors (Lipinski definition) is 3. The number of rotatable bonds is 4. The minimum Gasteiger partial charge on any atom is -0.384 e. The van der Waals surface area contributed by atoms with E-state index in [0.717, 1.165) is 37.4 Å². The summed E-state index contributed by atoms with van der Waals surface area (Å²) in [6, 6.07) is 5.40. The lowest BCUT2D eigenvalue weighted by Gasteiger charge is -2.26. The average molecular weight is 308 g/mol. The number of nitrogens with one attached hydrogen (secondary N) is 2. The summed E-state index contributed by atoms with van der Waals surface area (Å²) in [4.78, 5) is 0.375. The van der Waals surface area contributed by atoms with E-state index in [-0.39, 0.29) is 0 Å². The SMILES string of the molecule is CC1CCC(CNS(=O)(=O)c2ccc3c(c2)NCC3)CC1. The first kappa shape index (κ1) is 14.9. The van der Waals surface area contributed by atoms with Crippen LogP contribution < -0.4 is 10.0 Å². The first-order chi connectivity index (χ1) is 10.0. The van der Waals surface area contributed by atoms with Gasteiger partial charge in [-0.15, -0.1) is 0 Å². The highest BCUT2D eigenvalue weighted by atomic mass is 32.2. The van der Waals surface area contributed by atoms with Gasteiger partial charge in [-0.2, -0.15) is 0 Å². The molecule has 0 spiro atoms. The fourth-order valence-corrected chi connectivity index (χ4v) is 4.42. The number of benzene rings is 1. The summed E-state index contributed by atoms with van der Waals surface area (Å²) in [5.74, 6) is 1.28. The molecule has 3 rings (SSSR count). The summed E-state index contributed by atoms with van der Waals surface area (Å²) >= 11 is 0. The molecule has 0 saturated heterocycles. The monoisotopic (exact) mass is 308 g/mol. The van der Waals surface area contributed by atoms with Gasteiger partial charge in [0.15, 0.2) is 0 Å². The highest BCUT2D eigenvalue weighted by molar-refractivity contribution is 7.89. The zero-order valence-corrected chi connectivity index (χ0v) is 13.4. The molecule has 1 aliphatic heterocycles. The van der Waals surface area contributed by atoms with Gasteiger partial charge in [0.25, 0.3) is 0 Å². The minimum absolute atomic E-state index is 0.375. The lowest BCUT2D eigenvalue weighted by molar-refractivity contribution is 0.290. The Morgan fingerprint density at radius 2 is 2.00 bits per heavy atom. The predicted octanol–water partition coefficient (Wildman–Crippen LogP) is 2.76. The van der Waals surface area contributed by atoms with E-state index in [9.17, 15) is 8.42 Å². The summed E-state index contributed by atoms with van der Waals surface area (Å²) in [5.41, 5.74) is 2.17. The highest BCUT2D eigenvalue weighted by Gasteiger charge is 2.22. The van der Waals surface area contributed by atoms with Crippen LogP contribution in [0.15, 0.2) is 23.1 Å². The molecule has 2 aliphatic rings. The van der Waals surface area contributed by atoms with Crippen LogP contribution in [0.4, 0.5) is 5.69 Å². The predicted molar refractivity (Wildman–Crippen MR) is 84.9 cm³/mol. The van der Waals surface area contributed by atoms with Gasteiger partial charge >= 0.3 is 0 Å². The molecule has 4 nitrogen and oxygen atoms in total. The van der Waals surface area contributed by atoms with Gasteiger partial charge in [0, 0.05) is 18.8 Å². The van der Waals surface area contributed by atoms with Crippen LogP contribution in [0.3, 0.4) is 0 Å². The Morgan fingerprint density at radius 3 is 2.76 bits per heavy atom. The molecule has 21 heavy (non-hydrogen) atoms. The quantitative estimate of drug-likeness (QED) is 0.899. The summed E-state index contributed by atoms with van der Waals surface area (Å²) in [7, 11) is -3.38. The summed E-state index contributed by atoms with van der Waals surface area (Å²) < 4.78 is 27.6. The third-order valence-electron chi connectivity index (χ3n) is 4.80. The maximum absolute atomic E-state index is 12.4. The Morgan fingerprint density at radius 1 is 1.24 bits per heavy atom. The van der Waals surface area contributed by atoms with Gasteiger partial charge in [0.2, 0.25) is 10.0 Å². The molecular formula is C16H24N2O2S. The molecule has 1 aromatic carbocycles. The molecule has 0 atom stereocenters. The van der Waals surface area contributed by atoms with E-state index in [4.69, 9.17) is 0 Å². The Balaban J connectivity index is 1.64. The molecule has 2 N–H and O–H groups in total. The maximum Gasteiger partial charge on any atom is 0.240 e. The molecule has 1 saturated carbocycles. The fourth-order valence-electron chi connectivity index (χ4n) is 3.28. The van der Waals surface area contributed by atoms with E-state index < -0.39 is 10.0 Å². The normalized spacial score (nSPS) is 25.4. The van der Waals surface area contributed by atoms with Crippen molar-refractivity contribution >= 4 is 15.7 Å². The van der Waals surface area contributed by atoms with Gasteiger partial charge in [-0.3, -0.25) is 0 Å². The van der Waals surface area contributed by atoms with Crippen LogP contribution in [-0.4, -0.2) is 21.5 Å². The van der Waals surface area contributed by atoms with Crippen LogP contribution in [0, 0.1) is 11.8 Å². The molecule has 0 bridgehead atoms. The number of hydrogen-bond donors (Lipinski definition) is 2. The van der Waals surface area contributed by atoms with E-state index in [2.05, 4.69) is 17.0 Å². The summed E-state index contributed by atoms with van der Waals surface area (Å²) in [6.07, 6.45) is 5.68. The molecule has 1 aromatic rings. The highest BCUT2D eigenvalue weighted by Crippen LogP contribution is 2.28. The fraction of sp³-hybridized carbons (Fsp3) is 0.625. The molecule has 5 heteroatoms. The topological polar surface area (TPSA) is 58.2 Å². The van der Waals surface area contributed by atoms with Crippen molar-refractivity contribution in [1.29, 1.82) is 0 Å². The van der Waals surface area contributed by atoms with Gasteiger partial charge in [-0.05, 0) is 48.8 Å². The second kappa shape index (κ2) is 5.97. The summed E-state index contributed by atoms with van der Waals surface area (Å²) in [5, 5.41) is 3.23. The second-order valence-corrected chi connectivity index (χ2v) is 8.24. The van der Waals surface area contributed by atoms with E-state index in [1.54, 1.807) is 12.1 Å². The summed E-state index contributed by atoms with van der Waals surface area (Å²) in [6.45, 7) is 3.74. The number of sulfonamides is 1. The lowest BCUT2D eigenvalue weighted by Crippen LogP contribution is -2.31. The van der Waals surface area contributed by atoms with E-state index in [1.165, 1.54) is 18.4 Å². The lowest BCUT2D eigenvalue weighted by atomic mass is 9.83. The number of fused-ring (bicyclic) bond motifs is 1. The Kier molecular flexibility index (Phi) is 4.22. The molecule has 0 amide bonds. The van der Waals surface area contributed by atoms with Crippen molar-refractivity contribution in [1.82, 2.24) is 4.72 Å². The first-order valence-electron chi connectivity index (χ1n) is 7.91. The molecule has 1 fully saturated rings. The van der Waals surface area contributed by atoms with Crippen molar-refractivity contribution in [2.45, 2.75) is 43.9 Å². The van der Waals surface area contributed by atoms with Gasteiger partial charge in [-0.25, -0.2) is 13.1 Å². The zero-order valence-electron chi connectivity index (χ0n) is 12.6. The largest absolute Gasteiger partial charge is 0.384 e. The van der Waals surface area contributed by atoms with Crippen molar-refractivity contribution in [3.05, 3.63) is 23.8 Å². The van der Waals surface area contributed by atoms with Crippen molar-refractivity contribution in [3.63, 3.8) is 0 Å². The first-order valence-corrected chi connectivity index (χ1v) is 9.39. The molecule has 0 radical (unpaired) electrons. The number of anilines is 1. The van der Waals surface area contributed by atoms with Crippen LogP contribution in [0.25, 0.3) is 0 Å². The smallest absolute Gasteiger partial charge is 0.240 e.